The van der Waals surface area contributed by atoms with E-state index in [0.29, 0.717) is 38.5 Å². The van der Waals surface area contributed by atoms with E-state index in [1.54, 1.807) is 0 Å². The van der Waals surface area contributed by atoms with E-state index in [2.05, 4.69) is 0 Å². The predicted octanol–water partition coefficient (Wildman–Crippen LogP) is 1.64. The Kier molecular flexibility index (Phi) is 11.0. The molecular weight excluding hydrogens is 264 g/mol. The van der Waals surface area contributed by atoms with E-state index in [9.17, 15) is 9.59 Å². The van der Waals surface area contributed by atoms with Gasteiger partial charge in [0.1, 0.15) is 0 Å². The van der Waals surface area contributed by atoms with Crippen molar-refractivity contribution in [3.63, 3.8) is 0 Å². The molecule has 0 radical (unpaired) electrons. The van der Waals surface area contributed by atoms with Crippen LogP contribution < -0.4 is 0 Å². The van der Waals surface area contributed by atoms with Crippen molar-refractivity contribution in [3.8, 4) is 0 Å². The van der Waals surface area contributed by atoms with Crippen molar-refractivity contribution in [2.75, 3.05) is 6.61 Å². The summed E-state index contributed by atoms with van der Waals surface area (Å²) >= 11 is 0. The predicted molar refractivity (Wildman–Crippen MR) is 73.4 cm³/mol. The minimum absolute atomic E-state index is 0.136. The van der Waals surface area contributed by atoms with Gasteiger partial charge in [-0.1, -0.05) is 25.7 Å². The number of rotatable bonds is 13. The van der Waals surface area contributed by atoms with Gasteiger partial charge in [0, 0.05) is 6.42 Å². The normalized spacial score (nSPS) is 13.9. The van der Waals surface area contributed by atoms with Crippen molar-refractivity contribution in [3.05, 3.63) is 0 Å². The Hall–Kier alpha value is -1.14. The quantitative estimate of drug-likeness (QED) is 0.383. The molecule has 0 heterocycles. The third-order valence-corrected chi connectivity index (χ3v) is 3.34. The lowest BCUT2D eigenvalue weighted by Crippen LogP contribution is -2.15. The summed E-state index contributed by atoms with van der Waals surface area (Å²) < 4.78 is 0. The highest BCUT2D eigenvalue weighted by Gasteiger charge is 2.16. The Bertz CT molecular complexity index is 279. The van der Waals surface area contributed by atoms with Gasteiger partial charge in [-0.3, -0.25) is 9.59 Å². The van der Waals surface area contributed by atoms with Gasteiger partial charge in [-0.25, -0.2) is 0 Å². The van der Waals surface area contributed by atoms with Crippen LogP contribution in [-0.4, -0.2) is 45.1 Å². The summed E-state index contributed by atoms with van der Waals surface area (Å²) in [6, 6.07) is 0. The Labute approximate surface area is 119 Å². The van der Waals surface area contributed by atoms with Gasteiger partial charge in [-0.05, 0) is 25.7 Å². The summed E-state index contributed by atoms with van der Waals surface area (Å²) in [5.74, 6) is -2.03. The Morgan fingerprint density at radius 3 is 1.90 bits per heavy atom. The van der Waals surface area contributed by atoms with Gasteiger partial charge < -0.3 is 20.4 Å². The number of aliphatic hydroxyl groups excluding tert-OH is 2. The molecule has 0 amide bonds. The molecule has 2 atom stereocenters. The highest BCUT2D eigenvalue weighted by atomic mass is 16.4. The molecule has 0 rings (SSSR count). The zero-order valence-corrected chi connectivity index (χ0v) is 11.8. The van der Waals surface area contributed by atoms with Gasteiger partial charge in [0.15, 0.2) is 0 Å². The lowest BCUT2D eigenvalue weighted by Gasteiger charge is -2.12. The molecule has 0 aromatic carbocycles. The van der Waals surface area contributed by atoms with E-state index in [0.717, 1.165) is 12.8 Å². The number of hydrogen-bond donors (Lipinski definition) is 4. The number of carbonyl (C=O) groups is 2. The molecule has 0 aromatic rings. The first-order valence-corrected chi connectivity index (χ1v) is 7.21. The second-order valence-electron chi connectivity index (χ2n) is 5.15. The van der Waals surface area contributed by atoms with Crippen LogP contribution in [0.2, 0.25) is 0 Å². The van der Waals surface area contributed by atoms with Gasteiger partial charge in [0.05, 0.1) is 18.6 Å². The maximum atomic E-state index is 11.1. The minimum atomic E-state index is -0.817. The molecule has 2 unspecified atom stereocenters. The molecule has 4 N–H and O–H groups in total. The van der Waals surface area contributed by atoms with Gasteiger partial charge in [0.25, 0.3) is 0 Å². The molecular formula is C14H26O6. The van der Waals surface area contributed by atoms with E-state index in [1.165, 1.54) is 0 Å². The molecule has 0 aliphatic heterocycles. The first kappa shape index (κ1) is 18.9. The Morgan fingerprint density at radius 2 is 1.40 bits per heavy atom. The fourth-order valence-electron chi connectivity index (χ4n) is 2.10. The lowest BCUT2D eigenvalue weighted by molar-refractivity contribution is -0.142. The van der Waals surface area contributed by atoms with E-state index >= 15 is 0 Å². The van der Waals surface area contributed by atoms with Crippen LogP contribution in [0.3, 0.4) is 0 Å². The maximum absolute atomic E-state index is 11.1. The molecule has 0 saturated heterocycles. The van der Waals surface area contributed by atoms with Crippen LogP contribution in [0.25, 0.3) is 0 Å². The molecule has 0 bridgehead atoms. The van der Waals surface area contributed by atoms with Crippen molar-refractivity contribution in [2.24, 2.45) is 5.92 Å². The Balaban J connectivity index is 3.71. The summed E-state index contributed by atoms with van der Waals surface area (Å²) in [7, 11) is 0. The highest BCUT2D eigenvalue weighted by Crippen LogP contribution is 2.18. The van der Waals surface area contributed by atoms with Crippen molar-refractivity contribution in [2.45, 2.75) is 63.9 Å². The van der Waals surface area contributed by atoms with Gasteiger partial charge >= 0.3 is 11.9 Å². The molecule has 0 saturated carbocycles. The van der Waals surface area contributed by atoms with Crippen LogP contribution in [-0.2, 0) is 9.59 Å². The van der Waals surface area contributed by atoms with Gasteiger partial charge in [-0.15, -0.1) is 0 Å². The minimum Gasteiger partial charge on any atom is -0.481 e. The molecule has 6 heteroatoms. The number of carboxylic acid groups (broad SMARTS) is 2. The summed E-state index contributed by atoms with van der Waals surface area (Å²) in [6.07, 6.45) is 4.50. The third-order valence-electron chi connectivity index (χ3n) is 3.34. The summed E-state index contributed by atoms with van der Waals surface area (Å²) in [4.78, 5) is 21.4. The molecule has 20 heavy (non-hydrogen) atoms. The van der Waals surface area contributed by atoms with Crippen molar-refractivity contribution in [1.29, 1.82) is 0 Å². The van der Waals surface area contributed by atoms with Crippen molar-refractivity contribution in [1.82, 2.24) is 0 Å². The smallest absolute Gasteiger partial charge is 0.306 e. The average Bonchev–Trinajstić information content (AvgIpc) is 2.39. The molecule has 0 spiro atoms. The van der Waals surface area contributed by atoms with E-state index < -0.39 is 24.0 Å². The maximum Gasteiger partial charge on any atom is 0.306 e. The second kappa shape index (κ2) is 11.7. The largest absolute Gasteiger partial charge is 0.481 e. The van der Waals surface area contributed by atoms with Crippen molar-refractivity contribution >= 4 is 11.9 Å². The van der Waals surface area contributed by atoms with Gasteiger partial charge in [0.2, 0.25) is 0 Å². The van der Waals surface area contributed by atoms with E-state index in [4.69, 9.17) is 20.4 Å². The lowest BCUT2D eigenvalue weighted by atomic mass is 9.94. The standard InChI is InChI=1S/C14H26O6/c15-10-12(16)8-5-4-7-11(14(19)20)6-2-1-3-9-13(17)18/h11-12,15-16H,1-10H2,(H,17,18)(H,19,20). The van der Waals surface area contributed by atoms with E-state index in [1.807, 2.05) is 0 Å². The van der Waals surface area contributed by atoms with Crippen LogP contribution in [0.4, 0.5) is 0 Å². The zero-order valence-electron chi connectivity index (χ0n) is 11.8. The Morgan fingerprint density at radius 1 is 0.850 bits per heavy atom. The van der Waals surface area contributed by atoms with Crippen LogP contribution >= 0.6 is 0 Å². The fourth-order valence-corrected chi connectivity index (χ4v) is 2.10. The number of carboxylic acids is 2. The van der Waals surface area contributed by atoms with Crippen LogP contribution in [0.15, 0.2) is 0 Å². The topological polar surface area (TPSA) is 115 Å². The first-order chi connectivity index (χ1) is 9.47. The van der Waals surface area contributed by atoms with Crippen LogP contribution in [0, 0.1) is 5.92 Å². The highest BCUT2D eigenvalue weighted by molar-refractivity contribution is 5.69. The van der Waals surface area contributed by atoms with Crippen LogP contribution in [0.1, 0.15) is 57.8 Å². The van der Waals surface area contributed by atoms with Crippen molar-refractivity contribution < 1.29 is 30.0 Å². The first-order valence-electron chi connectivity index (χ1n) is 7.21. The molecule has 118 valence electrons. The average molecular weight is 290 g/mol. The fraction of sp³-hybridized carbons (Fsp3) is 0.857. The summed E-state index contributed by atoms with van der Waals surface area (Å²) in [5, 5.41) is 35.4. The SMILES string of the molecule is O=C(O)CCCCCC(CCCCC(O)CO)C(=O)O. The summed E-state index contributed by atoms with van der Waals surface area (Å²) in [6.45, 7) is -0.258. The number of hydrogen-bond acceptors (Lipinski definition) is 4. The zero-order chi connectivity index (χ0) is 15.4. The van der Waals surface area contributed by atoms with E-state index in [-0.39, 0.29) is 13.0 Å². The number of aliphatic carboxylic acids is 2. The van der Waals surface area contributed by atoms with Crippen LogP contribution in [0.5, 0.6) is 0 Å². The molecule has 0 aromatic heterocycles. The molecule has 0 aliphatic rings. The molecule has 0 fully saturated rings. The molecule has 6 nitrogen and oxygen atoms in total. The number of unbranched alkanes of at least 4 members (excludes halogenated alkanes) is 3. The third kappa shape index (κ3) is 10.8. The second-order valence-corrected chi connectivity index (χ2v) is 5.15. The molecule has 0 aliphatic carbocycles. The van der Waals surface area contributed by atoms with Gasteiger partial charge in [-0.2, -0.15) is 0 Å². The summed E-state index contributed by atoms with van der Waals surface area (Å²) in [5.41, 5.74) is 0. The monoisotopic (exact) mass is 290 g/mol. The number of aliphatic hydroxyl groups is 2.